The van der Waals surface area contributed by atoms with E-state index in [1.807, 2.05) is 36.4 Å². The number of carbonyl (C=O) groups is 1. The minimum absolute atomic E-state index is 0.0165. The summed E-state index contributed by atoms with van der Waals surface area (Å²) in [5.41, 5.74) is 2.65. The number of benzene rings is 2. The molecule has 1 aliphatic heterocycles. The Morgan fingerprint density at radius 1 is 1.17 bits per heavy atom. The molecule has 0 saturated carbocycles. The zero-order valence-corrected chi connectivity index (χ0v) is 17.4. The number of aromatic hydroxyl groups is 1. The van der Waals surface area contributed by atoms with E-state index in [1.54, 1.807) is 18.2 Å². The molecule has 0 aliphatic carbocycles. The minimum atomic E-state index is -0.342. The van der Waals surface area contributed by atoms with Crippen LogP contribution in [0.15, 0.2) is 61.2 Å². The van der Waals surface area contributed by atoms with Crippen LogP contribution in [0.4, 0.5) is 0 Å². The summed E-state index contributed by atoms with van der Waals surface area (Å²) in [5.74, 6) is -0.0878. The van der Waals surface area contributed by atoms with Crippen LogP contribution in [-0.4, -0.2) is 59.7 Å². The highest BCUT2D eigenvalue weighted by molar-refractivity contribution is 5.89. The molecule has 2 aromatic rings. The van der Waals surface area contributed by atoms with E-state index in [2.05, 4.69) is 30.2 Å². The molecule has 154 valence electrons. The molecule has 5 nitrogen and oxygen atoms in total. The van der Waals surface area contributed by atoms with Gasteiger partial charge in [-0.25, -0.2) is 4.79 Å². The SMILES string of the molecule is C=CCN1C[C@H](C)N(C(c2ccc(C(=O)OC)cc2)c2cccc(O)c2)C[C@H]1C. The van der Waals surface area contributed by atoms with Crippen LogP contribution in [0.2, 0.25) is 0 Å². The van der Waals surface area contributed by atoms with Crippen LogP contribution in [0, 0.1) is 0 Å². The molecule has 1 saturated heterocycles. The summed E-state index contributed by atoms with van der Waals surface area (Å²) < 4.78 is 4.82. The highest BCUT2D eigenvalue weighted by Crippen LogP contribution is 2.34. The summed E-state index contributed by atoms with van der Waals surface area (Å²) in [7, 11) is 1.39. The third-order valence-corrected chi connectivity index (χ3v) is 5.69. The molecule has 0 radical (unpaired) electrons. The third kappa shape index (κ3) is 4.69. The summed E-state index contributed by atoms with van der Waals surface area (Å²) in [6.07, 6.45) is 1.96. The molecule has 1 heterocycles. The van der Waals surface area contributed by atoms with E-state index in [9.17, 15) is 9.90 Å². The fourth-order valence-electron chi connectivity index (χ4n) is 4.19. The van der Waals surface area contributed by atoms with Gasteiger partial charge in [-0.3, -0.25) is 9.80 Å². The highest BCUT2D eigenvalue weighted by Gasteiger charge is 2.34. The molecule has 0 spiro atoms. The topological polar surface area (TPSA) is 53.0 Å². The molecular formula is C24H30N2O3. The maximum atomic E-state index is 11.8. The van der Waals surface area contributed by atoms with Crippen molar-refractivity contribution in [2.75, 3.05) is 26.7 Å². The van der Waals surface area contributed by atoms with Crippen molar-refractivity contribution in [3.05, 3.63) is 77.9 Å². The number of phenols is 1. The van der Waals surface area contributed by atoms with Gasteiger partial charge < -0.3 is 9.84 Å². The van der Waals surface area contributed by atoms with Gasteiger partial charge >= 0.3 is 5.97 Å². The first-order valence-corrected chi connectivity index (χ1v) is 10.0. The van der Waals surface area contributed by atoms with Gasteiger partial charge in [0, 0.05) is 31.7 Å². The van der Waals surface area contributed by atoms with Gasteiger partial charge in [0.05, 0.1) is 18.7 Å². The fourth-order valence-corrected chi connectivity index (χ4v) is 4.19. The predicted octanol–water partition coefficient (Wildman–Crippen LogP) is 3.85. The van der Waals surface area contributed by atoms with Crippen molar-refractivity contribution < 1.29 is 14.6 Å². The van der Waals surface area contributed by atoms with E-state index in [-0.39, 0.29) is 17.8 Å². The Morgan fingerprint density at radius 2 is 1.90 bits per heavy atom. The summed E-state index contributed by atoms with van der Waals surface area (Å²) >= 11 is 0. The Hall–Kier alpha value is -2.63. The van der Waals surface area contributed by atoms with E-state index in [1.165, 1.54) is 7.11 Å². The average molecular weight is 395 g/mol. The fraction of sp³-hybridized carbons (Fsp3) is 0.375. The van der Waals surface area contributed by atoms with Gasteiger partial charge in [-0.1, -0.05) is 30.3 Å². The lowest BCUT2D eigenvalue weighted by Gasteiger charge is -2.47. The third-order valence-electron chi connectivity index (χ3n) is 5.69. The highest BCUT2D eigenvalue weighted by atomic mass is 16.5. The summed E-state index contributed by atoms with van der Waals surface area (Å²) in [5, 5.41) is 10.1. The molecule has 3 rings (SSSR count). The van der Waals surface area contributed by atoms with Gasteiger partial charge in [-0.2, -0.15) is 0 Å². The van der Waals surface area contributed by atoms with Crippen LogP contribution in [0.1, 0.15) is 41.4 Å². The Kier molecular flexibility index (Phi) is 6.72. The number of piperazine rings is 1. The van der Waals surface area contributed by atoms with Crippen LogP contribution >= 0.6 is 0 Å². The zero-order chi connectivity index (χ0) is 21.0. The van der Waals surface area contributed by atoms with Crippen molar-refractivity contribution in [2.24, 2.45) is 0 Å². The second-order valence-corrected chi connectivity index (χ2v) is 7.75. The smallest absolute Gasteiger partial charge is 0.337 e. The van der Waals surface area contributed by atoms with Crippen molar-refractivity contribution in [3.8, 4) is 5.75 Å². The van der Waals surface area contributed by atoms with Crippen molar-refractivity contribution in [3.63, 3.8) is 0 Å². The summed E-state index contributed by atoms with van der Waals surface area (Å²) in [4.78, 5) is 16.7. The van der Waals surface area contributed by atoms with Crippen molar-refractivity contribution >= 4 is 5.97 Å². The van der Waals surface area contributed by atoms with Crippen molar-refractivity contribution in [1.82, 2.24) is 9.80 Å². The Bertz CT molecular complexity index is 849. The van der Waals surface area contributed by atoms with Gasteiger partial charge in [0.25, 0.3) is 0 Å². The van der Waals surface area contributed by atoms with Crippen LogP contribution in [0.5, 0.6) is 5.75 Å². The Labute approximate surface area is 173 Å². The summed E-state index contributed by atoms with van der Waals surface area (Å²) in [6, 6.07) is 15.7. The van der Waals surface area contributed by atoms with Crippen LogP contribution in [-0.2, 0) is 4.74 Å². The lowest BCUT2D eigenvalue weighted by Crippen LogP contribution is -2.57. The number of ether oxygens (including phenoxy) is 1. The number of hydrogen-bond acceptors (Lipinski definition) is 5. The van der Waals surface area contributed by atoms with E-state index < -0.39 is 0 Å². The summed E-state index contributed by atoms with van der Waals surface area (Å²) in [6.45, 7) is 11.1. The molecule has 1 unspecified atom stereocenters. The second-order valence-electron chi connectivity index (χ2n) is 7.75. The number of rotatable bonds is 6. The average Bonchev–Trinajstić information content (AvgIpc) is 2.72. The van der Waals surface area contributed by atoms with Gasteiger partial charge in [0.15, 0.2) is 0 Å². The van der Waals surface area contributed by atoms with Gasteiger partial charge in [0.1, 0.15) is 5.75 Å². The van der Waals surface area contributed by atoms with E-state index >= 15 is 0 Å². The van der Waals surface area contributed by atoms with Gasteiger partial charge in [-0.15, -0.1) is 6.58 Å². The molecule has 1 N–H and O–H groups in total. The zero-order valence-electron chi connectivity index (χ0n) is 17.4. The molecule has 5 heteroatoms. The number of esters is 1. The van der Waals surface area contributed by atoms with Gasteiger partial charge in [-0.05, 0) is 49.2 Å². The predicted molar refractivity (Wildman–Crippen MR) is 115 cm³/mol. The molecule has 2 aromatic carbocycles. The molecule has 0 bridgehead atoms. The number of methoxy groups -OCH3 is 1. The van der Waals surface area contributed by atoms with Crippen molar-refractivity contribution in [1.29, 1.82) is 0 Å². The Balaban J connectivity index is 1.98. The minimum Gasteiger partial charge on any atom is -0.508 e. The molecular weight excluding hydrogens is 364 g/mol. The molecule has 29 heavy (non-hydrogen) atoms. The second kappa shape index (κ2) is 9.25. The molecule has 0 amide bonds. The van der Waals surface area contributed by atoms with Crippen LogP contribution < -0.4 is 0 Å². The van der Waals surface area contributed by atoms with E-state index in [4.69, 9.17) is 4.74 Å². The molecule has 1 fully saturated rings. The number of hydrogen-bond donors (Lipinski definition) is 1. The first-order chi connectivity index (χ1) is 13.9. The Morgan fingerprint density at radius 3 is 2.52 bits per heavy atom. The molecule has 1 aliphatic rings. The van der Waals surface area contributed by atoms with Crippen molar-refractivity contribution in [2.45, 2.75) is 32.0 Å². The quantitative estimate of drug-likeness (QED) is 0.596. The largest absolute Gasteiger partial charge is 0.508 e. The normalized spacial score (nSPS) is 21.5. The van der Waals surface area contributed by atoms with E-state index in [0.717, 1.165) is 30.8 Å². The first-order valence-electron chi connectivity index (χ1n) is 10.0. The molecule has 3 atom stereocenters. The maximum Gasteiger partial charge on any atom is 0.337 e. The van der Waals surface area contributed by atoms with Crippen LogP contribution in [0.3, 0.4) is 0 Å². The number of nitrogens with zero attached hydrogens (tertiary/aromatic N) is 2. The maximum absolute atomic E-state index is 11.8. The lowest BCUT2D eigenvalue weighted by molar-refractivity contribution is 0.0306. The monoisotopic (exact) mass is 394 g/mol. The van der Waals surface area contributed by atoms with E-state index in [0.29, 0.717) is 17.6 Å². The molecule has 0 aromatic heterocycles. The number of phenolic OH excluding ortho intramolecular Hbond substituents is 1. The lowest BCUT2D eigenvalue weighted by atomic mass is 9.93. The standard InChI is InChI=1S/C24H30N2O3/c1-5-13-25-15-18(3)26(16-17(25)2)23(21-7-6-8-22(27)14-21)19-9-11-20(12-10-19)24(28)29-4/h5-12,14,17-18,23,27H,1,13,15-16H2,2-4H3/t17-,18+,23?/m1/s1. The van der Waals surface area contributed by atoms with Gasteiger partial charge in [0.2, 0.25) is 0 Å². The first kappa shape index (κ1) is 21.1. The van der Waals surface area contributed by atoms with Crippen LogP contribution in [0.25, 0.3) is 0 Å². The number of carbonyl (C=O) groups excluding carboxylic acids is 1.